The fourth-order valence-electron chi connectivity index (χ4n) is 14.9. The predicted octanol–water partition coefficient (Wildman–Crippen LogP) is 7.92. The molecule has 0 aromatic carbocycles. The van der Waals surface area contributed by atoms with E-state index in [0.717, 1.165) is 66.6 Å². The van der Waals surface area contributed by atoms with Gasteiger partial charge in [-0.25, -0.2) is 0 Å². The molecule has 9 heteroatoms. The Morgan fingerprint density at radius 1 is 0.600 bits per heavy atom. The van der Waals surface area contributed by atoms with Gasteiger partial charge in [-0.3, -0.25) is 24.0 Å². The van der Waals surface area contributed by atoms with Crippen LogP contribution in [0, 0.1) is 118 Å². The van der Waals surface area contributed by atoms with Crippen molar-refractivity contribution >= 4 is 29.8 Å². The third-order valence-electron chi connectivity index (χ3n) is 18.1. The van der Waals surface area contributed by atoms with Crippen molar-refractivity contribution in [2.24, 2.45) is 118 Å². The lowest BCUT2D eigenvalue weighted by atomic mass is 9.62. The first-order valence-corrected chi connectivity index (χ1v) is 22.3. The number of ether oxygens (including phenoxy) is 4. The first-order valence-electron chi connectivity index (χ1n) is 22.3. The fourth-order valence-corrected chi connectivity index (χ4v) is 14.9. The van der Waals surface area contributed by atoms with Crippen LogP contribution < -0.4 is 0 Å². The highest BCUT2D eigenvalue weighted by molar-refractivity contribution is 5.95. The molecular formula is C46H68O9. The van der Waals surface area contributed by atoms with E-state index in [1.807, 2.05) is 20.8 Å². The smallest absolute Gasteiger partial charge is 0.317 e. The molecule has 21 unspecified atom stereocenters. The summed E-state index contributed by atoms with van der Waals surface area (Å²) < 4.78 is 21.5. The van der Waals surface area contributed by atoms with Crippen molar-refractivity contribution in [1.82, 2.24) is 0 Å². The average molecular weight is 765 g/mol. The zero-order valence-corrected chi connectivity index (χ0v) is 34.9. The lowest BCUT2D eigenvalue weighted by Gasteiger charge is -2.43. The minimum absolute atomic E-state index is 0.0536. The van der Waals surface area contributed by atoms with E-state index in [-0.39, 0.29) is 65.8 Å². The minimum Gasteiger partial charge on any atom is -0.465 e. The predicted molar refractivity (Wildman–Crippen MR) is 203 cm³/mol. The van der Waals surface area contributed by atoms with Gasteiger partial charge in [0.2, 0.25) is 0 Å². The second kappa shape index (κ2) is 14.4. The van der Waals surface area contributed by atoms with Crippen LogP contribution in [0.2, 0.25) is 0 Å². The SMILES string of the molecule is CC1C(=O)OC(=O)C1C.CC1C(C)C2CC1C1C3CC(C(=O)OC(C)(C)C)C(C3)C21.CC1C2CC(C(=O)OCC3C(=O)OC4CC3C3CCCC43)C(C2)C1C. The summed E-state index contributed by atoms with van der Waals surface area (Å²) in [5, 5.41) is 0. The van der Waals surface area contributed by atoms with E-state index in [2.05, 4.69) is 32.4 Å². The number of cyclic esters (lactones) is 2. The van der Waals surface area contributed by atoms with Crippen molar-refractivity contribution in [3.63, 3.8) is 0 Å². The zero-order chi connectivity index (χ0) is 39.4. The zero-order valence-electron chi connectivity index (χ0n) is 34.9. The highest BCUT2D eigenvalue weighted by Crippen LogP contribution is 2.71. The van der Waals surface area contributed by atoms with Crippen molar-refractivity contribution < 1.29 is 42.9 Å². The highest BCUT2D eigenvalue weighted by atomic mass is 16.6. The van der Waals surface area contributed by atoms with Crippen molar-refractivity contribution in [2.45, 2.75) is 132 Å². The number of carbonyl (C=O) groups excluding carboxylic acids is 5. The van der Waals surface area contributed by atoms with Gasteiger partial charge in [0.25, 0.3) is 0 Å². The molecule has 10 rings (SSSR count). The van der Waals surface area contributed by atoms with Crippen LogP contribution in [0.3, 0.4) is 0 Å². The Kier molecular flexibility index (Phi) is 10.3. The van der Waals surface area contributed by atoms with Gasteiger partial charge in [0, 0.05) is 0 Å². The molecule has 2 aliphatic heterocycles. The molecule has 10 fully saturated rings. The van der Waals surface area contributed by atoms with Gasteiger partial charge in [-0.1, -0.05) is 48.0 Å². The molecule has 0 N–H and O–H groups in total. The van der Waals surface area contributed by atoms with Gasteiger partial charge in [0.15, 0.2) is 0 Å². The molecule has 306 valence electrons. The molecule has 8 aliphatic carbocycles. The first-order chi connectivity index (χ1) is 25.9. The summed E-state index contributed by atoms with van der Waals surface area (Å²) in [4.78, 5) is 58.8. The van der Waals surface area contributed by atoms with Gasteiger partial charge < -0.3 is 18.9 Å². The van der Waals surface area contributed by atoms with E-state index in [9.17, 15) is 24.0 Å². The summed E-state index contributed by atoms with van der Waals surface area (Å²) in [5.74, 6) is 9.67. The van der Waals surface area contributed by atoms with Crippen LogP contribution in [0.15, 0.2) is 0 Å². The van der Waals surface area contributed by atoms with Crippen LogP contribution in [-0.4, -0.2) is 48.2 Å². The molecular weight excluding hydrogens is 696 g/mol. The standard InChI is InChI=1S/C21H30O4.C19H30O2.C6H8O3/c1-10-11(2)15-6-12(10)7-17(15)20(22)24-9-18-16-8-19(25-21(18)23)14-5-3-4-13(14)16;1-9-10(2)13-8-12(9)16-11-6-14(17(13)16)15(7-11)18(20)21-19(3,4)5;1-3-4(2)6(8)9-5(3)7/h10-19H,3-9H2,1-2H3;9-17H,6-8H2,1-5H3;3-4H,1-2H3. The van der Waals surface area contributed by atoms with Crippen LogP contribution in [0.5, 0.6) is 0 Å². The maximum Gasteiger partial charge on any atom is 0.317 e. The van der Waals surface area contributed by atoms with Gasteiger partial charge >= 0.3 is 29.8 Å². The van der Waals surface area contributed by atoms with Gasteiger partial charge in [-0.15, -0.1) is 0 Å². The highest BCUT2D eigenvalue weighted by Gasteiger charge is 2.67. The Morgan fingerprint density at radius 2 is 1.18 bits per heavy atom. The third kappa shape index (κ3) is 6.69. The van der Waals surface area contributed by atoms with Crippen LogP contribution in [0.4, 0.5) is 0 Å². The second-order valence-corrected chi connectivity index (χ2v) is 21.4. The molecule has 10 aliphatic rings. The monoisotopic (exact) mass is 764 g/mol. The van der Waals surface area contributed by atoms with Crippen LogP contribution >= 0.6 is 0 Å². The normalized spacial score (nSPS) is 50.4. The summed E-state index contributed by atoms with van der Waals surface area (Å²) in [7, 11) is 0. The number of hydrogen-bond donors (Lipinski definition) is 0. The molecule has 8 saturated carbocycles. The molecule has 0 amide bonds. The molecule has 8 bridgehead atoms. The Bertz CT molecular complexity index is 1530. The maximum absolute atomic E-state index is 12.7. The molecule has 55 heavy (non-hydrogen) atoms. The summed E-state index contributed by atoms with van der Waals surface area (Å²) in [6, 6.07) is 0. The molecule has 0 aromatic heterocycles. The average Bonchev–Trinajstić information content (AvgIpc) is 3.99. The number of fused-ring (bicyclic) bond motifs is 16. The molecule has 0 radical (unpaired) electrons. The van der Waals surface area contributed by atoms with Gasteiger partial charge in [0.05, 0.1) is 29.6 Å². The Balaban J connectivity index is 0.000000129. The van der Waals surface area contributed by atoms with E-state index < -0.39 is 11.9 Å². The van der Waals surface area contributed by atoms with Gasteiger partial charge in [-0.05, 0) is 161 Å². The Hall–Kier alpha value is -2.45. The largest absolute Gasteiger partial charge is 0.465 e. The lowest BCUT2D eigenvalue weighted by Crippen LogP contribution is -2.42. The molecule has 0 aromatic rings. The van der Waals surface area contributed by atoms with Crippen LogP contribution in [0.1, 0.15) is 120 Å². The maximum atomic E-state index is 12.7. The van der Waals surface area contributed by atoms with E-state index in [1.165, 1.54) is 38.5 Å². The van der Waals surface area contributed by atoms with Crippen LogP contribution in [0.25, 0.3) is 0 Å². The topological polar surface area (TPSA) is 122 Å². The van der Waals surface area contributed by atoms with Crippen molar-refractivity contribution in [3.05, 3.63) is 0 Å². The number of esters is 5. The van der Waals surface area contributed by atoms with Crippen molar-refractivity contribution in [3.8, 4) is 0 Å². The quantitative estimate of drug-likeness (QED) is 0.122. The molecule has 9 nitrogen and oxygen atoms in total. The summed E-state index contributed by atoms with van der Waals surface area (Å²) in [6.45, 7) is 19.1. The molecule has 2 heterocycles. The third-order valence-corrected chi connectivity index (χ3v) is 18.1. The van der Waals surface area contributed by atoms with E-state index >= 15 is 0 Å². The second-order valence-electron chi connectivity index (χ2n) is 21.4. The summed E-state index contributed by atoms with van der Waals surface area (Å²) in [5.41, 5.74) is -0.338. The van der Waals surface area contributed by atoms with Crippen LogP contribution in [-0.2, 0) is 42.9 Å². The number of carbonyl (C=O) groups is 5. The Morgan fingerprint density at radius 3 is 1.78 bits per heavy atom. The molecule has 21 atom stereocenters. The number of rotatable bonds is 4. The minimum atomic E-state index is -0.396. The first kappa shape index (κ1) is 39.4. The van der Waals surface area contributed by atoms with E-state index in [0.29, 0.717) is 41.4 Å². The van der Waals surface area contributed by atoms with Crippen molar-refractivity contribution in [1.29, 1.82) is 0 Å². The number of hydrogen-bond acceptors (Lipinski definition) is 9. The summed E-state index contributed by atoms with van der Waals surface area (Å²) in [6.07, 6.45) is 10.9. The fraction of sp³-hybridized carbons (Fsp3) is 0.891. The Labute approximate surface area is 328 Å². The van der Waals surface area contributed by atoms with Gasteiger partial charge in [-0.2, -0.15) is 0 Å². The van der Waals surface area contributed by atoms with E-state index in [4.69, 9.17) is 14.2 Å². The molecule has 0 spiro atoms. The summed E-state index contributed by atoms with van der Waals surface area (Å²) >= 11 is 0. The lowest BCUT2D eigenvalue weighted by molar-refractivity contribution is -0.169. The van der Waals surface area contributed by atoms with Gasteiger partial charge in [0.1, 0.15) is 18.3 Å². The van der Waals surface area contributed by atoms with E-state index in [1.54, 1.807) is 13.8 Å². The molecule has 2 saturated heterocycles. The van der Waals surface area contributed by atoms with Crippen molar-refractivity contribution in [2.75, 3.05) is 6.61 Å².